The van der Waals surface area contributed by atoms with Crippen molar-refractivity contribution >= 4 is 0 Å². The number of methoxy groups -OCH3 is 2. The number of nitrogens with zero attached hydrogens (tertiary/aromatic N) is 2. The summed E-state index contributed by atoms with van der Waals surface area (Å²) in [6.45, 7) is 4.95. The number of ether oxygens (including phenoxy) is 4. The molecular formula is C29H34N2O4. The van der Waals surface area contributed by atoms with E-state index >= 15 is 0 Å². The van der Waals surface area contributed by atoms with Crippen molar-refractivity contribution in [2.75, 3.05) is 27.4 Å². The number of rotatable bonds is 7. The Balaban J connectivity index is 1.60. The smallest absolute Gasteiger partial charge is 0.164 e. The van der Waals surface area contributed by atoms with Gasteiger partial charge in [-0.2, -0.15) is 0 Å². The molecular weight excluding hydrogens is 440 g/mol. The second-order valence-electron chi connectivity index (χ2n) is 9.17. The zero-order valence-corrected chi connectivity index (χ0v) is 20.9. The Morgan fingerprint density at radius 2 is 1.89 bits per heavy atom. The van der Waals surface area contributed by atoms with Gasteiger partial charge in [-0.1, -0.05) is 30.3 Å². The van der Waals surface area contributed by atoms with Gasteiger partial charge in [0.25, 0.3) is 0 Å². The summed E-state index contributed by atoms with van der Waals surface area (Å²) < 4.78 is 26.0. The van der Waals surface area contributed by atoms with Crippen molar-refractivity contribution in [2.45, 2.75) is 51.9 Å². The Labute approximate surface area is 207 Å². The molecule has 184 valence electrons. The average Bonchev–Trinajstić information content (AvgIpc) is 2.92. The van der Waals surface area contributed by atoms with Crippen LogP contribution >= 0.6 is 0 Å². The number of aromatic nitrogens is 1. The molecule has 1 aromatic heterocycles. The maximum Gasteiger partial charge on any atom is 0.164 e. The number of hydrogen-bond acceptors (Lipinski definition) is 5. The molecule has 3 heterocycles. The van der Waals surface area contributed by atoms with Crippen molar-refractivity contribution in [1.82, 2.24) is 4.57 Å². The van der Waals surface area contributed by atoms with Crippen LogP contribution in [0.4, 0.5) is 0 Å². The Morgan fingerprint density at radius 1 is 1.03 bits per heavy atom. The molecule has 35 heavy (non-hydrogen) atoms. The first-order chi connectivity index (χ1) is 17.2. The lowest BCUT2D eigenvalue weighted by Crippen LogP contribution is -2.30. The van der Waals surface area contributed by atoms with E-state index in [2.05, 4.69) is 35.8 Å². The molecule has 5 rings (SSSR count). The summed E-state index contributed by atoms with van der Waals surface area (Å²) in [5, 5.41) is 0. The Morgan fingerprint density at radius 3 is 2.63 bits per heavy atom. The van der Waals surface area contributed by atoms with Crippen LogP contribution in [-0.2, 0) is 24.3 Å². The van der Waals surface area contributed by atoms with Crippen LogP contribution in [-0.4, -0.2) is 38.0 Å². The van der Waals surface area contributed by atoms with Crippen molar-refractivity contribution in [3.05, 3.63) is 70.7 Å². The van der Waals surface area contributed by atoms with E-state index in [1.54, 1.807) is 14.2 Å². The molecule has 2 aromatic carbocycles. The molecule has 0 aliphatic carbocycles. The fourth-order valence-corrected chi connectivity index (χ4v) is 5.16. The molecule has 0 bridgehead atoms. The molecule has 1 fully saturated rings. The maximum absolute atomic E-state index is 6.38. The Bertz CT molecular complexity index is 1240. The third-order valence-electron chi connectivity index (χ3n) is 6.99. The van der Waals surface area contributed by atoms with E-state index in [9.17, 15) is 0 Å². The zero-order chi connectivity index (χ0) is 24.2. The summed E-state index contributed by atoms with van der Waals surface area (Å²) in [6.07, 6.45) is 4.46. The lowest BCUT2D eigenvalue weighted by Gasteiger charge is -2.28. The fourth-order valence-electron chi connectivity index (χ4n) is 5.16. The number of fused-ring (bicyclic) bond motifs is 3. The van der Waals surface area contributed by atoms with E-state index in [1.807, 2.05) is 24.3 Å². The molecule has 2 aliphatic rings. The summed E-state index contributed by atoms with van der Waals surface area (Å²) >= 11 is 0. The number of benzene rings is 2. The van der Waals surface area contributed by atoms with E-state index in [4.69, 9.17) is 23.9 Å². The lowest BCUT2D eigenvalue weighted by molar-refractivity contribution is 0.0219. The van der Waals surface area contributed by atoms with Gasteiger partial charge in [-0.15, -0.1) is 0 Å². The topological polar surface area (TPSA) is 54.2 Å². The highest BCUT2D eigenvalue weighted by Crippen LogP contribution is 2.42. The second-order valence-corrected chi connectivity index (χ2v) is 9.17. The van der Waals surface area contributed by atoms with Crippen molar-refractivity contribution in [1.29, 1.82) is 0 Å². The van der Waals surface area contributed by atoms with Crippen LogP contribution in [0.25, 0.3) is 11.3 Å². The molecule has 0 spiro atoms. The Kier molecular flexibility index (Phi) is 7.09. The summed E-state index contributed by atoms with van der Waals surface area (Å²) in [4.78, 5) is 5.05. The molecule has 1 atom stereocenters. The molecule has 0 saturated carbocycles. The maximum atomic E-state index is 6.38. The van der Waals surface area contributed by atoms with Crippen molar-refractivity contribution in [3.8, 4) is 28.5 Å². The highest BCUT2D eigenvalue weighted by atomic mass is 16.5. The largest absolute Gasteiger partial charge is 0.493 e. The van der Waals surface area contributed by atoms with Crippen molar-refractivity contribution < 1.29 is 18.9 Å². The summed E-state index contributed by atoms with van der Waals surface area (Å²) in [7, 11) is 3.39. The number of pyridine rings is 1. The molecule has 3 aromatic rings. The van der Waals surface area contributed by atoms with E-state index in [0.717, 1.165) is 83.1 Å². The van der Waals surface area contributed by atoms with E-state index in [0.29, 0.717) is 13.2 Å². The monoisotopic (exact) mass is 474 g/mol. The third kappa shape index (κ3) is 4.80. The standard InChI is InChI=1S/C29H34N2O4/c1-20-26(35-19-21-9-5-4-6-10-21)17-27(30-18-22-11-7-8-16-34-22)31-15-14-24-23(28(20)31)12-13-25(32-2)29(24)33-3/h4-6,9-10,12-13,17,22H,7-8,11,14-16,18-19H2,1-3H3. The predicted octanol–water partition coefficient (Wildman–Crippen LogP) is 5.09. The van der Waals surface area contributed by atoms with E-state index in [1.165, 1.54) is 6.42 Å². The lowest BCUT2D eigenvalue weighted by atomic mass is 9.93. The number of hydrogen-bond donors (Lipinski definition) is 0. The first-order valence-corrected chi connectivity index (χ1v) is 12.5. The first-order valence-electron chi connectivity index (χ1n) is 12.5. The van der Waals surface area contributed by atoms with Crippen LogP contribution in [0.5, 0.6) is 17.2 Å². The molecule has 1 unspecified atom stereocenters. The normalized spacial score (nSPS) is 17.5. The molecule has 6 heteroatoms. The van der Waals surface area contributed by atoms with Crippen LogP contribution in [0.2, 0.25) is 0 Å². The molecule has 0 N–H and O–H groups in total. The molecule has 0 amide bonds. The van der Waals surface area contributed by atoms with Gasteiger partial charge in [-0.25, -0.2) is 0 Å². The van der Waals surface area contributed by atoms with Gasteiger partial charge in [0, 0.05) is 35.9 Å². The van der Waals surface area contributed by atoms with E-state index in [-0.39, 0.29) is 6.10 Å². The van der Waals surface area contributed by atoms with Gasteiger partial charge in [-0.3, -0.25) is 4.99 Å². The molecule has 2 aliphatic heterocycles. The summed E-state index contributed by atoms with van der Waals surface area (Å²) in [5.74, 6) is 2.42. The van der Waals surface area contributed by atoms with Crippen molar-refractivity contribution in [2.24, 2.45) is 4.99 Å². The Hall–Kier alpha value is -3.25. The van der Waals surface area contributed by atoms with Gasteiger partial charge in [0.1, 0.15) is 17.8 Å². The minimum atomic E-state index is 0.190. The average molecular weight is 475 g/mol. The third-order valence-corrected chi connectivity index (χ3v) is 6.99. The van der Waals surface area contributed by atoms with E-state index < -0.39 is 0 Å². The highest BCUT2D eigenvalue weighted by molar-refractivity contribution is 5.75. The highest BCUT2D eigenvalue weighted by Gasteiger charge is 2.26. The fraction of sp³-hybridized carbons (Fsp3) is 0.414. The van der Waals surface area contributed by atoms with Gasteiger partial charge in [0.05, 0.1) is 32.6 Å². The SMILES string of the molecule is COc1ccc2c(c1OC)CCn1c-2c(C)c(OCc2ccccc2)cc1=NCC1CCCCO1. The van der Waals surface area contributed by atoms with Gasteiger partial charge in [-0.05, 0) is 50.3 Å². The van der Waals surface area contributed by atoms with Crippen LogP contribution in [0, 0.1) is 6.92 Å². The first kappa shape index (κ1) is 23.5. The second kappa shape index (κ2) is 10.6. The van der Waals surface area contributed by atoms with Crippen LogP contribution < -0.4 is 19.7 Å². The summed E-state index contributed by atoms with van der Waals surface area (Å²) in [6, 6.07) is 16.5. The predicted molar refractivity (Wildman–Crippen MR) is 136 cm³/mol. The van der Waals surface area contributed by atoms with Gasteiger partial charge >= 0.3 is 0 Å². The quantitative estimate of drug-likeness (QED) is 0.479. The minimum Gasteiger partial charge on any atom is -0.493 e. The van der Waals surface area contributed by atoms with Gasteiger partial charge in [0.15, 0.2) is 11.5 Å². The minimum absolute atomic E-state index is 0.190. The van der Waals surface area contributed by atoms with Crippen LogP contribution in [0.15, 0.2) is 53.5 Å². The zero-order valence-electron chi connectivity index (χ0n) is 20.9. The summed E-state index contributed by atoms with van der Waals surface area (Å²) in [5.41, 5.74) is 6.60. The van der Waals surface area contributed by atoms with Crippen LogP contribution in [0.1, 0.15) is 36.0 Å². The molecule has 6 nitrogen and oxygen atoms in total. The molecule has 0 radical (unpaired) electrons. The van der Waals surface area contributed by atoms with Gasteiger partial charge < -0.3 is 23.5 Å². The van der Waals surface area contributed by atoms with Gasteiger partial charge in [0.2, 0.25) is 0 Å². The molecule has 1 saturated heterocycles. The van der Waals surface area contributed by atoms with Crippen LogP contribution in [0.3, 0.4) is 0 Å². The van der Waals surface area contributed by atoms with Crippen molar-refractivity contribution in [3.63, 3.8) is 0 Å².